The van der Waals surface area contributed by atoms with Crippen LogP contribution in [0.15, 0.2) is 47.8 Å². The minimum absolute atomic E-state index is 0.0395. The zero-order chi connectivity index (χ0) is 18.7. The average Bonchev–Trinajstić information content (AvgIpc) is 3.09. The molecule has 1 amide bonds. The van der Waals surface area contributed by atoms with Gasteiger partial charge in [-0.15, -0.1) is 11.3 Å². The van der Waals surface area contributed by atoms with E-state index in [0.29, 0.717) is 5.13 Å². The zero-order valence-corrected chi connectivity index (χ0v) is 14.9. The van der Waals surface area contributed by atoms with E-state index in [1.165, 1.54) is 30.6 Å². The van der Waals surface area contributed by atoms with Crippen LogP contribution in [0.1, 0.15) is 26.3 Å². The highest BCUT2D eigenvalue weighted by Gasteiger charge is 2.17. The fraction of sp³-hybridized carbons (Fsp3) is 0.105. The number of nitrogens with zero attached hydrogens (tertiary/aromatic N) is 1. The first-order valence-corrected chi connectivity index (χ1v) is 8.58. The van der Waals surface area contributed by atoms with Gasteiger partial charge < -0.3 is 4.74 Å². The first-order valence-electron chi connectivity index (χ1n) is 7.70. The molecule has 0 saturated carbocycles. The summed E-state index contributed by atoms with van der Waals surface area (Å²) in [5.41, 5.74) is 2.64. The van der Waals surface area contributed by atoms with Gasteiger partial charge >= 0.3 is 5.97 Å². The number of methoxy groups -OCH3 is 1. The van der Waals surface area contributed by atoms with Crippen LogP contribution < -0.4 is 5.32 Å². The summed E-state index contributed by atoms with van der Waals surface area (Å²) in [6.45, 7) is 1.98. The normalized spacial score (nSPS) is 10.4. The van der Waals surface area contributed by atoms with Crippen molar-refractivity contribution in [2.24, 2.45) is 0 Å². The standard InChI is InChI=1S/C19H15FN2O3S/c1-11-5-3-4-6-13(11)16-10-26-19(21-16)22-17(23)14-8-7-12(9-15(14)20)18(24)25-2/h3-10H,1-2H3,(H,21,22,23). The SMILES string of the molecule is COC(=O)c1ccc(C(=O)Nc2nc(-c3ccccc3C)cs2)c(F)c1. The second-order valence-corrected chi connectivity index (χ2v) is 6.35. The third-order valence-corrected chi connectivity index (χ3v) is 4.54. The Morgan fingerprint density at radius 1 is 1.19 bits per heavy atom. The number of halogens is 1. The number of benzene rings is 2. The molecule has 0 saturated heterocycles. The molecular formula is C19H15FN2O3S. The molecule has 3 rings (SSSR count). The van der Waals surface area contributed by atoms with Crippen LogP contribution in [-0.2, 0) is 4.74 Å². The van der Waals surface area contributed by atoms with Gasteiger partial charge in [-0.2, -0.15) is 0 Å². The number of anilines is 1. The van der Waals surface area contributed by atoms with Gasteiger partial charge in [-0.1, -0.05) is 24.3 Å². The van der Waals surface area contributed by atoms with Gasteiger partial charge in [0.15, 0.2) is 5.13 Å². The highest BCUT2D eigenvalue weighted by molar-refractivity contribution is 7.14. The Bertz CT molecular complexity index is 984. The summed E-state index contributed by atoms with van der Waals surface area (Å²) in [5, 5.41) is 4.78. The number of esters is 1. The summed E-state index contributed by atoms with van der Waals surface area (Å²) >= 11 is 1.25. The van der Waals surface area contributed by atoms with Crippen LogP contribution >= 0.6 is 11.3 Å². The first-order chi connectivity index (χ1) is 12.5. The van der Waals surface area contributed by atoms with Gasteiger partial charge in [0.05, 0.1) is 23.9 Å². The monoisotopic (exact) mass is 370 g/mol. The summed E-state index contributed by atoms with van der Waals surface area (Å²) in [4.78, 5) is 28.1. The Morgan fingerprint density at radius 2 is 1.96 bits per heavy atom. The van der Waals surface area contributed by atoms with E-state index in [0.717, 1.165) is 22.9 Å². The van der Waals surface area contributed by atoms with Gasteiger partial charge in [-0.25, -0.2) is 14.2 Å². The molecule has 0 aliphatic heterocycles. The summed E-state index contributed by atoms with van der Waals surface area (Å²) in [5.74, 6) is -2.11. The van der Waals surface area contributed by atoms with Crippen LogP contribution in [0.4, 0.5) is 9.52 Å². The van der Waals surface area contributed by atoms with E-state index in [4.69, 9.17) is 0 Å². The number of aromatic nitrogens is 1. The van der Waals surface area contributed by atoms with Crippen molar-refractivity contribution in [2.45, 2.75) is 6.92 Å². The number of aryl methyl sites for hydroxylation is 1. The second-order valence-electron chi connectivity index (χ2n) is 5.49. The predicted octanol–water partition coefficient (Wildman–Crippen LogP) is 4.30. The Balaban J connectivity index is 1.79. The molecule has 0 unspecified atom stereocenters. The van der Waals surface area contributed by atoms with Crippen molar-refractivity contribution in [1.29, 1.82) is 0 Å². The van der Waals surface area contributed by atoms with Gasteiger partial charge in [0, 0.05) is 10.9 Å². The molecule has 0 aliphatic carbocycles. The number of ether oxygens (including phenoxy) is 1. The smallest absolute Gasteiger partial charge is 0.337 e. The average molecular weight is 370 g/mol. The molecule has 3 aromatic rings. The topological polar surface area (TPSA) is 68.3 Å². The van der Waals surface area contributed by atoms with E-state index in [1.807, 2.05) is 36.6 Å². The summed E-state index contributed by atoms with van der Waals surface area (Å²) in [7, 11) is 1.20. The molecule has 0 radical (unpaired) electrons. The van der Waals surface area contributed by atoms with Crippen LogP contribution in [0.5, 0.6) is 0 Å². The van der Waals surface area contributed by atoms with Crippen molar-refractivity contribution in [2.75, 3.05) is 12.4 Å². The number of rotatable bonds is 4. The van der Waals surface area contributed by atoms with Crippen molar-refractivity contribution in [3.8, 4) is 11.3 Å². The van der Waals surface area contributed by atoms with Crippen molar-refractivity contribution < 1.29 is 18.7 Å². The third-order valence-electron chi connectivity index (χ3n) is 3.78. The van der Waals surface area contributed by atoms with Crippen molar-refractivity contribution in [3.63, 3.8) is 0 Å². The summed E-state index contributed by atoms with van der Waals surface area (Å²) in [6.07, 6.45) is 0. The highest BCUT2D eigenvalue weighted by Crippen LogP contribution is 2.27. The molecule has 0 atom stereocenters. The van der Waals surface area contributed by atoms with Gasteiger partial charge in [0.1, 0.15) is 5.82 Å². The molecule has 132 valence electrons. The van der Waals surface area contributed by atoms with E-state index in [2.05, 4.69) is 15.0 Å². The molecule has 1 heterocycles. The molecule has 0 bridgehead atoms. The van der Waals surface area contributed by atoms with Gasteiger partial charge in [-0.3, -0.25) is 10.1 Å². The number of hydrogen-bond acceptors (Lipinski definition) is 5. The molecule has 0 spiro atoms. The van der Waals surface area contributed by atoms with Gasteiger partial charge in [0.25, 0.3) is 5.91 Å². The van der Waals surface area contributed by atoms with Crippen LogP contribution in [0, 0.1) is 12.7 Å². The van der Waals surface area contributed by atoms with E-state index in [1.54, 1.807) is 0 Å². The molecule has 7 heteroatoms. The van der Waals surface area contributed by atoms with E-state index in [-0.39, 0.29) is 11.1 Å². The largest absolute Gasteiger partial charge is 0.465 e. The lowest BCUT2D eigenvalue weighted by Gasteiger charge is -2.05. The van der Waals surface area contributed by atoms with E-state index < -0.39 is 17.7 Å². The number of thiazole rings is 1. The maximum atomic E-state index is 14.1. The lowest BCUT2D eigenvalue weighted by atomic mass is 10.1. The number of carbonyl (C=O) groups excluding carboxylic acids is 2. The lowest BCUT2D eigenvalue weighted by molar-refractivity contribution is 0.0599. The van der Waals surface area contributed by atoms with Crippen LogP contribution in [0.3, 0.4) is 0 Å². The summed E-state index contributed by atoms with van der Waals surface area (Å²) in [6, 6.07) is 11.3. The lowest BCUT2D eigenvalue weighted by Crippen LogP contribution is -2.14. The predicted molar refractivity (Wildman–Crippen MR) is 98.0 cm³/mol. The third kappa shape index (κ3) is 3.62. The molecule has 0 fully saturated rings. The van der Waals surface area contributed by atoms with Gasteiger partial charge in [0.2, 0.25) is 0 Å². The minimum atomic E-state index is -0.805. The summed E-state index contributed by atoms with van der Waals surface area (Å²) < 4.78 is 18.7. The molecule has 1 aromatic heterocycles. The number of carbonyl (C=O) groups is 2. The Hall–Kier alpha value is -3.06. The van der Waals surface area contributed by atoms with Crippen LogP contribution in [0.2, 0.25) is 0 Å². The Labute approximate surface area is 153 Å². The molecular weight excluding hydrogens is 355 g/mol. The fourth-order valence-corrected chi connectivity index (χ4v) is 3.13. The quantitative estimate of drug-likeness (QED) is 0.696. The zero-order valence-electron chi connectivity index (χ0n) is 14.1. The molecule has 0 aliphatic rings. The fourth-order valence-electron chi connectivity index (χ4n) is 2.42. The molecule has 2 aromatic carbocycles. The highest BCUT2D eigenvalue weighted by atomic mass is 32.1. The number of nitrogens with one attached hydrogen (secondary N) is 1. The van der Waals surface area contributed by atoms with Crippen molar-refractivity contribution in [3.05, 3.63) is 70.4 Å². The second kappa shape index (κ2) is 7.45. The van der Waals surface area contributed by atoms with Crippen LogP contribution in [-0.4, -0.2) is 24.0 Å². The molecule has 5 nitrogen and oxygen atoms in total. The number of hydrogen-bond donors (Lipinski definition) is 1. The van der Waals surface area contributed by atoms with Crippen molar-refractivity contribution >= 4 is 28.3 Å². The molecule has 1 N–H and O–H groups in total. The molecule has 26 heavy (non-hydrogen) atoms. The Kier molecular flexibility index (Phi) is 5.09. The van der Waals surface area contributed by atoms with Gasteiger partial charge in [-0.05, 0) is 30.7 Å². The maximum Gasteiger partial charge on any atom is 0.337 e. The van der Waals surface area contributed by atoms with Crippen LogP contribution in [0.25, 0.3) is 11.3 Å². The van der Waals surface area contributed by atoms with E-state index >= 15 is 0 Å². The van der Waals surface area contributed by atoms with E-state index in [9.17, 15) is 14.0 Å². The maximum absolute atomic E-state index is 14.1. The van der Waals surface area contributed by atoms with Crippen molar-refractivity contribution in [1.82, 2.24) is 4.98 Å². The first kappa shape index (κ1) is 17.8. The Morgan fingerprint density at radius 3 is 2.65 bits per heavy atom. The minimum Gasteiger partial charge on any atom is -0.465 e. The number of amides is 1.